The average Bonchev–Trinajstić information content (AvgIpc) is 2.67. The highest BCUT2D eigenvalue weighted by molar-refractivity contribution is 6.54. The molecule has 1 aliphatic heterocycles. The van der Waals surface area contributed by atoms with Crippen molar-refractivity contribution in [2.24, 2.45) is 0 Å². The van der Waals surface area contributed by atoms with E-state index in [9.17, 15) is 14.7 Å². The number of hydrogen-bond acceptors (Lipinski definition) is 3. The van der Waals surface area contributed by atoms with Crippen molar-refractivity contribution in [2.45, 2.75) is 19.8 Å². The smallest absolute Gasteiger partial charge is 0.338 e. The summed E-state index contributed by atoms with van der Waals surface area (Å²) >= 11 is 24.4. The summed E-state index contributed by atoms with van der Waals surface area (Å²) in [5, 5.41) is 8.75. The first-order valence-corrected chi connectivity index (χ1v) is 9.81. The topological polar surface area (TPSA) is 57.6 Å². The second kappa shape index (κ2) is 7.88. The number of nitrogens with zero attached hydrogens (tertiary/aromatic N) is 1. The minimum absolute atomic E-state index is 0.145. The lowest BCUT2D eigenvalue weighted by atomic mass is 9.91. The molecule has 27 heavy (non-hydrogen) atoms. The maximum Gasteiger partial charge on any atom is 0.338 e. The van der Waals surface area contributed by atoms with Gasteiger partial charge in [0.05, 0.1) is 36.9 Å². The van der Waals surface area contributed by atoms with Crippen LogP contribution in [-0.4, -0.2) is 29.9 Å². The standard InChI is InChI=1S/C19H15Cl4NO3/c1-2-24-8-4-6-9-5-3-7-10(17(9)24)18(25)11-12(19(26)27)14(21)16(23)15(22)13(11)20/h3,5,7H,2,4,6,8H2,1H3,(H,26,27). The molecule has 0 spiro atoms. The number of carbonyl (C=O) groups is 2. The van der Waals surface area contributed by atoms with Gasteiger partial charge in [-0.2, -0.15) is 0 Å². The van der Waals surface area contributed by atoms with E-state index in [4.69, 9.17) is 46.4 Å². The number of hydrogen-bond donors (Lipinski definition) is 1. The Morgan fingerprint density at radius 1 is 1.04 bits per heavy atom. The van der Waals surface area contributed by atoms with E-state index >= 15 is 0 Å². The highest BCUT2D eigenvalue weighted by atomic mass is 35.5. The van der Waals surface area contributed by atoms with Crippen LogP contribution in [0.15, 0.2) is 18.2 Å². The number of carboxylic acids is 1. The van der Waals surface area contributed by atoms with E-state index in [-0.39, 0.29) is 25.7 Å². The molecule has 0 unspecified atom stereocenters. The van der Waals surface area contributed by atoms with Crippen molar-refractivity contribution in [3.8, 4) is 0 Å². The fraction of sp³-hybridized carbons (Fsp3) is 0.263. The molecule has 1 heterocycles. The Labute approximate surface area is 176 Å². The van der Waals surface area contributed by atoms with Crippen molar-refractivity contribution >= 4 is 63.8 Å². The van der Waals surface area contributed by atoms with Crippen LogP contribution in [0.3, 0.4) is 0 Å². The molecule has 2 aromatic carbocycles. The second-order valence-corrected chi connectivity index (χ2v) is 7.65. The number of para-hydroxylation sites is 1. The zero-order valence-electron chi connectivity index (χ0n) is 14.3. The summed E-state index contributed by atoms with van der Waals surface area (Å²) in [6.07, 6.45) is 1.83. The highest BCUT2D eigenvalue weighted by Crippen LogP contribution is 2.43. The van der Waals surface area contributed by atoms with E-state index in [2.05, 4.69) is 4.90 Å². The number of anilines is 1. The lowest BCUT2D eigenvalue weighted by molar-refractivity contribution is 0.0693. The second-order valence-electron chi connectivity index (χ2n) is 6.14. The van der Waals surface area contributed by atoms with Crippen LogP contribution in [-0.2, 0) is 6.42 Å². The summed E-state index contributed by atoms with van der Waals surface area (Å²) in [6, 6.07) is 5.40. The number of rotatable bonds is 4. The van der Waals surface area contributed by atoms with Gasteiger partial charge in [0, 0.05) is 18.7 Å². The third-order valence-electron chi connectivity index (χ3n) is 4.64. The van der Waals surface area contributed by atoms with Crippen molar-refractivity contribution in [2.75, 3.05) is 18.0 Å². The molecule has 0 saturated heterocycles. The van der Waals surface area contributed by atoms with Crippen LogP contribution in [0.5, 0.6) is 0 Å². The van der Waals surface area contributed by atoms with E-state index in [0.717, 1.165) is 37.2 Å². The monoisotopic (exact) mass is 445 g/mol. The average molecular weight is 447 g/mol. The Bertz CT molecular complexity index is 959. The Kier molecular flexibility index (Phi) is 5.92. The summed E-state index contributed by atoms with van der Waals surface area (Å²) in [5.74, 6) is -1.95. The number of aromatic carboxylic acids is 1. The molecule has 0 aromatic heterocycles. The minimum atomic E-state index is -1.40. The first-order valence-electron chi connectivity index (χ1n) is 8.30. The predicted molar refractivity (Wildman–Crippen MR) is 110 cm³/mol. The molecule has 2 aromatic rings. The fourth-order valence-electron chi connectivity index (χ4n) is 3.42. The molecule has 8 heteroatoms. The van der Waals surface area contributed by atoms with Gasteiger partial charge >= 0.3 is 5.97 Å². The largest absolute Gasteiger partial charge is 0.478 e. The van der Waals surface area contributed by atoms with Crippen molar-refractivity contribution < 1.29 is 14.7 Å². The number of benzene rings is 2. The lowest BCUT2D eigenvalue weighted by Crippen LogP contribution is -2.31. The summed E-state index contributed by atoms with van der Waals surface area (Å²) in [7, 11) is 0. The number of ketones is 1. The number of carbonyl (C=O) groups excluding carboxylic acids is 1. The van der Waals surface area contributed by atoms with Gasteiger partial charge in [-0.05, 0) is 31.4 Å². The predicted octanol–water partition coefficient (Wildman–Crippen LogP) is 6.00. The Hall–Kier alpha value is -1.46. The van der Waals surface area contributed by atoms with E-state index in [0.29, 0.717) is 5.56 Å². The van der Waals surface area contributed by atoms with E-state index < -0.39 is 17.3 Å². The van der Waals surface area contributed by atoms with Gasteiger partial charge < -0.3 is 10.0 Å². The summed E-state index contributed by atoms with van der Waals surface area (Å²) < 4.78 is 0. The van der Waals surface area contributed by atoms with E-state index in [1.54, 1.807) is 12.1 Å². The Balaban J connectivity index is 2.29. The number of halogens is 4. The quantitative estimate of drug-likeness (QED) is 0.355. The molecule has 142 valence electrons. The van der Waals surface area contributed by atoms with Crippen LogP contribution in [0.25, 0.3) is 0 Å². The fourth-order valence-corrected chi connectivity index (χ4v) is 4.44. The van der Waals surface area contributed by atoms with Crippen molar-refractivity contribution in [1.82, 2.24) is 0 Å². The Morgan fingerprint density at radius 2 is 1.67 bits per heavy atom. The molecule has 0 amide bonds. The normalized spacial score (nSPS) is 13.4. The zero-order chi connectivity index (χ0) is 19.9. The third-order valence-corrected chi connectivity index (χ3v) is 6.45. The van der Waals surface area contributed by atoms with E-state index in [1.165, 1.54) is 0 Å². The molecule has 0 aliphatic carbocycles. The van der Waals surface area contributed by atoms with Crippen LogP contribution in [0, 0.1) is 0 Å². The van der Waals surface area contributed by atoms with Gasteiger partial charge in [-0.1, -0.05) is 58.5 Å². The molecule has 0 saturated carbocycles. The summed E-state index contributed by atoms with van der Waals surface area (Å²) in [4.78, 5) is 27.3. The molecule has 1 aliphatic rings. The molecule has 0 radical (unpaired) electrons. The molecule has 4 nitrogen and oxygen atoms in total. The first kappa shape index (κ1) is 20.3. The van der Waals surface area contributed by atoms with Crippen LogP contribution in [0.4, 0.5) is 5.69 Å². The van der Waals surface area contributed by atoms with Crippen LogP contribution < -0.4 is 4.90 Å². The van der Waals surface area contributed by atoms with Gasteiger partial charge in [0.1, 0.15) is 0 Å². The SMILES string of the molecule is CCN1CCCc2cccc(C(=O)c3c(Cl)c(Cl)c(Cl)c(Cl)c3C(=O)O)c21. The molecule has 0 fully saturated rings. The molecular weight excluding hydrogens is 432 g/mol. The molecule has 0 bridgehead atoms. The van der Waals surface area contributed by atoms with Crippen molar-refractivity contribution in [1.29, 1.82) is 0 Å². The first-order chi connectivity index (χ1) is 12.8. The minimum Gasteiger partial charge on any atom is -0.478 e. The zero-order valence-corrected chi connectivity index (χ0v) is 17.3. The Morgan fingerprint density at radius 3 is 2.26 bits per heavy atom. The van der Waals surface area contributed by atoms with Gasteiger partial charge in [0.15, 0.2) is 5.78 Å². The maximum absolute atomic E-state index is 13.4. The van der Waals surface area contributed by atoms with Crippen LogP contribution >= 0.6 is 46.4 Å². The molecule has 3 rings (SSSR count). The van der Waals surface area contributed by atoms with E-state index in [1.807, 2.05) is 13.0 Å². The van der Waals surface area contributed by atoms with Crippen molar-refractivity contribution in [3.63, 3.8) is 0 Å². The lowest BCUT2D eigenvalue weighted by Gasteiger charge is -2.32. The highest BCUT2D eigenvalue weighted by Gasteiger charge is 2.32. The van der Waals surface area contributed by atoms with Crippen molar-refractivity contribution in [3.05, 3.63) is 60.5 Å². The van der Waals surface area contributed by atoms with Gasteiger partial charge in [-0.3, -0.25) is 4.79 Å². The van der Waals surface area contributed by atoms with Gasteiger partial charge in [-0.25, -0.2) is 4.79 Å². The molecular formula is C19H15Cl4NO3. The number of fused-ring (bicyclic) bond motifs is 1. The maximum atomic E-state index is 13.4. The van der Waals surface area contributed by atoms with Gasteiger partial charge in [-0.15, -0.1) is 0 Å². The third kappa shape index (κ3) is 3.40. The number of aryl methyl sites for hydroxylation is 1. The molecule has 0 atom stereocenters. The number of carboxylic acid groups (broad SMARTS) is 1. The van der Waals surface area contributed by atoms with Crippen LogP contribution in [0.1, 0.15) is 45.2 Å². The summed E-state index contributed by atoms with van der Waals surface area (Å²) in [5.41, 5.74) is 1.50. The van der Waals surface area contributed by atoms with Gasteiger partial charge in [0.25, 0.3) is 0 Å². The van der Waals surface area contributed by atoms with Crippen LogP contribution in [0.2, 0.25) is 20.1 Å². The summed E-state index contributed by atoms with van der Waals surface area (Å²) in [6.45, 7) is 3.54. The van der Waals surface area contributed by atoms with Gasteiger partial charge in [0.2, 0.25) is 0 Å². The molecule has 1 N–H and O–H groups in total.